The Kier molecular flexibility index (Phi) is 6.26. The predicted octanol–water partition coefficient (Wildman–Crippen LogP) is 2.75. The first-order valence-corrected chi connectivity index (χ1v) is 9.25. The molecule has 0 bridgehead atoms. The molecule has 0 radical (unpaired) electrons. The van der Waals surface area contributed by atoms with Crippen LogP contribution in [0.5, 0.6) is 5.75 Å². The number of benzene rings is 2. The fourth-order valence-corrected chi connectivity index (χ4v) is 2.98. The van der Waals surface area contributed by atoms with Crippen molar-refractivity contribution in [2.24, 2.45) is 0 Å². The number of para-hydroxylation sites is 2. The van der Waals surface area contributed by atoms with E-state index in [0.717, 1.165) is 16.9 Å². The highest BCUT2D eigenvalue weighted by Crippen LogP contribution is 2.19. The Hall–Kier alpha value is -3.35. The van der Waals surface area contributed by atoms with Crippen molar-refractivity contribution in [3.05, 3.63) is 54.4 Å². The molecule has 7 nitrogen and oxygen atoms in total. The van der Waals surface area contributed by atoms with Crippen molar-refractivity contribution in [2.45, 2.75) is 26.3 Å². The number of carbonyl (C=O) groups excluding carboxylic acids is 2. The number of methoxy groups -OCH3 is 1. The van der Waals surface area contributed by atoms with Gasteiger partial charge in [0.25, 0.3) is 0 Å². The number of ether oxygens (including phenoxy) is 1. The lowest BCUT2D eigenvalue weighted by Gasteiger charge is -2.11. The van der Waals surface area contributed by atoms with Gasteiger partial charge in [0, 0.05) is 31.1 Å². The standard InChI is InChI=1S/C21H24N4O3/c1-3-20(26)22-12-11-19-24-17-9-4-5-10-18(17)25(19)14-21(27)23-15-7-6-8-16(13-15)28-2/h4-10,13H,3,11-12,14H2,1-2H3,(H,22,26)(H,23,27). The van der Waals surface area contributed by atoms with E-state index in [0.29, 0.717) is 30.8 Å². The van der Waals surface area contributed by atoms with Crippen LogP contribution in [0.4, 0.5) is 5.69 Å². The van der Waals surface area contributed by atoms with Crippen LogP contribution in [0.2, 0.25) is 0 Å². The molecule has 0 aliphatic heterocycles. The van der Waals surface area contributed by atoms with Gasteiger partial charge in [0.15, 0.2) is 0 Å². The lowest BCUT2D eigenvalue weighted by atomic mass is 10.3. The van der Waals surface area contributed by atoms with Gasteiger partial charge < -0.3 is 19.9 Å². The lowest BCUT2D eigenvalue weighted by molar-refractivity contribution is -0.120. The summed E-state index contributed by atoms with van der Waals surface area (Å²) in [6, 6.07) is 14.9. The number of anilines is 1. The highest BCUT2D eigenvalue weighted by Gasteiger charge is 2.14. The minimum atomic E-state index is -0.157. The number of rotatable bonds is 8. The number of fused-ring (bicyclic) bond motifs is 1. The Labute approximate surface area is 163 Å². The topological polar surface area (TPSA) is 85.2 Å². The summed E-state index contributed by atoms with van der Waals surface area (Å²) in [5.41, 5.74) is 2.39. The Morgan fingerprint density at radius 3 is 2.71 bits per heavy atom. The molecule has 0 fully saturated rings. The summed E-state index contributed by atoms with van der Waals surface area (Å²) < 4.78 is 7.08. The van der Waals surface area contributed by atoms with Gasteiger partial charge in [-0.25, -0.2) is 4.98 Å². The Morgan fingerprint density at radius 1 is 1.11 bits per heavy atom. The minimum Gasteiger partial charge on any atom is -0.497 e. The summed E-state index contributed by atoms with van der Waals surface area (Å²) in [7, 11) is 1.59. The van der Waals surface area contributed by atoms with Gasteiger partial charge in [0.1, 0.15) is 18.1 Å². The van der Waals surface area contributed by atoms with Crippen LogP contribution in [0, 0.1) is 0 Å². The van der Waals surface area contributed by atoms with E-state index in [4.69, 9.17) is 4.74 Å². The molecule has 0 aliphatic rings. The number of aromatic nitrogens is 2. The molecule has 2 aromatic carbocycles. The first kappa shape index (κ1) is 19.4. The summed E-state index contributed by atoms with van der Waals surface area (Å²) >= 11 is 0. The van der Waals surface area contributed by atoms with Gasteiger partial charge in [0.2, 0.25) is 11.8 Å². The van der Waals surface area contributed by atoms with Gasteiger partial charge in [-0.3, -0.25) is 9.59 Å². The number of carbonyl (C=O) groups is 2. The molecule has 3 rings (SSSR count). The zero-order valence-corrected chi connectivity index (χ0v) is 16.1. The normalized spacial score (nSPS) is 10.6. The molecular weight excluding hydrogens is 356 g/mol. The van der Waals surface area contributed by atoms with Crippen LogP contribution in [0.1, 0.15) is 19.2 Å². The molecule has 28 heavy (non-hydrogen) atoms. The average molecular weight is 380 g/mol. The lowest BCUT2D eigenvalue weighted by Crippen LogP contribution is -2.26. The highest BCUT2D eigenvalue weighted by atomic mass is 16.5. The maximum absolute atomic E-state index is 12.6. The number of hydrogen-bond acceptors (Lipinski definition) is 4. The van der Waals surface area contributed by atoms with Gasteiger partial charge in [-0.2, -0.15) is 0 Å². The Balaban J connectivity index is 1.77. The maximum Gasteiger partial charge on any atom is 0.244 e. The number of nitrogens with zero attached hydrogens (tertiary/aromatic N) is 2. The van der Waals surface area contributed by atoms with E-state index in [1.54, 1.807) is 13.2 Å². The van der Waals surface area contributed by atoms with Crippen LogP contribution in [0.15, 0.2) is 48.5 Å². The van der Waals surface area contributed by atoms with E-state index in [9.17, 15) is 9.59 Å². The van der Waals surface area contributed by atoms with Gasteiger partial charge in [-0.05, 0) is 24.3 Å². The first-order chi connectivity index (χ1) is 13.6. The van der Waals surface area contributed by atoms with Crippen molar-refractivity contribution in [1.29, 1.82) is 0 Å². The summed E-state index contributed by atoms with van der Waals surface area (Å²) in [4.78, 5) is 28.7. The first-order valence-electron chi connectivity index (χ1n) is 9.25. The molecule has 2 N–H and O–H groups in total. The van der Waals surface area contributed by atoms with Crippen molar-refractivity contribution in [1.82, 2.24) is 14.9 Å². The van der Waals surface area contributed by atoms with E-state index in [2.05, 4.69) is 15.6 Å². The molecule has 146 valence electrons. The van der Waals surface area contributed by atoms with Crippen molar-refractivity contribution in [3.8, 4) is 5.75 Å². The molecular formula is C21H24N4O3. The summed E-state index contributed by atoms with van der Waals surface area (Å²) in [6.45, 7) is 2.43. The Morgan fingerprint density at radius 2 is 1.93 bits per heavy atom. The van der Waals surface area contributed by atoms with E-state index in [1.807, 2.05) is 54.0 Å². The number of amides is 2. The fourth-order valence-electron chi connectivity index (χ4n) is 2.98. The van der Waals surface area contributed by atoms with Crippen LogP contribution in [0.3, 0.4) is 0 Å². The summed E-state index contributed by atoms with van der Waals surface area (Å²) in [5, 5.41) is 5.74. The third-order valence-corrected chi connectivity index (χ3v) is 4.38. The van der Waals surface area contributed by atoms with Crippen LogP contribution < -0.4 is 15.4 Å². The molecule has 1 heterocycles. The van der Waals surface area contributed by atoms with E-state index in [1.165, 1.54) is 0 Å². The van der Waals surface area contributed by atoms with E-state index in [-0.39, 0.29) is 18.4 Å². The van der Waals surface area contributed by atoms with Crippen molar-refractivity contribution in [2.75, 3.05) is 19.0 Å². The third kappa shape index (κ3) is 4.68. The SMILES string of the molecule is CCC(=O)NCCc1nc2ccccc2n1CC(=O)Nc1cccc(OC)c1. The van der Waals surface area contributed by atoms with Crippen LogP contribution in [0.25, 0.3) is 11.0 Å². The van der Waals surface area contributed by atoms with Gasteiger partial charge in [-0.1, -0.05) is 25.1 Å². The predicted molar refractivity (Wildman–Crippen MR) is 108 cm³/mol. The van der Waals surface area contributed by atoms with Crippen LogP contribution >= 0.6 is 0 Å². The second kappa shape index (κ2) is 9.03. The second-order valence-electron chi connectivity index (χ2n) is 6.34. The monoisotopic (exact) mass is 380 g/mol. The molecule has 2 amide bonds. The maximum atomic E-state index is 12.6. The average Bonchev–Trinajstić information content (AvgIpc) is 3.05. The largest absolute Gasteiger partial charge is 0.497 e. The summed E-state index contributed by atoms with van der Waals surface area (Å²) in [5.74, 6) is 1.28. The van der Waals surface area contributed by atoms with E-state index < -0.39 is 0 Å². The molecule has 0 unspecified atom stereocenters. The van der Waals surface area contributed by atoms with Gasteiger partial charge in [-0.15, -0.1) is 0 Å². The van der Waals surface area contributed by atoms with E-state index >= 15 is 0 Å². The van der Waals surface area contributed by atoms with Gasteiger partial charge in [0.05, 0.1) is 18.1 Å². The van der Waals surface area contributed by atoms with Crippen LogP contribution in [-0.4, -0.2) is 35.0 Å². The molecule has 3 aromatic rings. The number of nitrogens with one attached hydrogen (secondary N) is 2. The molecule has 0 saturated heterocycles. The second-order valence-corrected chi connectivity index (χ2v) is 6.34. The molecule has 0 saturated carbocycles. The number of hydrogen-bond donors (Lipinski definition) is 2. The van der Waals surface area contributed by atoms with Crippen LogP contribution in [-0.2, 0) is 22.6 Å². The Bertz CT molecular complexity index is 981. The molecule has 7 heteroatoms. The van der Waals surface area contributed by atoms with Gasteiger partial charge >= 0.3 is 0 Å². The zero-order chi connectivity index (χ0) is 19.9. The summed E-state index contributed by atoms with van der Waals surface area (Å²) in [6.07, 6.45) is 0.992. The molecule has 0 spiro atoms. The third-order valence-electron chi connectivity index (χ3n) is 4.38. The quantitative estimate of drug-likeness (QED) is 0.629. The molecule has 0 aliphatic carbocycles. The van der Waals surface area contributed by atoms with Crippen molar-refractivity contribution >= 4 is 28.5 Å². The molecule has 0 atom stereocenters. The smallest absolute Gasteiger partial charge is 0.244 e. The van der Waals surface area contributed by atoms with Crippen molar-refractivity contribution in [3.63, 3.8) is 0 Å². The highest BCUT2D eigenvalue weighted by molar-refractivity contribution is 5.92. The van der Waals surface area contributed by atoms with Crippen molar-refractivity contribution < 1.29 is 14.3 Å². The minimum absolute atomic E-state index is 0.00145. The number of imidazole rings is 1. The zero-order valence-electron chi connectivity index (χ0n) is 16.1. The fraction of sp³-hybridized carbons (Fsp3) is 0.286. The molecule has 1 aromatic heterocycles.